The van der Waals surface area contributed by atoms with Crippen molar-refractivity contribution in [2.75, 3.05) is 11.4 Å². The Bertz CT molecular complexity index is 372. The molecule has 17 heavy (non-hydrogen) atoms. The fourth-order valence-electron chi connectivity index (χ4n) is 2.78. The lowest BCUT2D eigenvalue weighted by Gasteiger charge is -2.31. The van der Waals surface area contributed by atoms with E-state index in [1.165, 1.54) is 31.4 Å². The van der Waals surface area contributed by atoms with E-state index >= 15 is 0 Å². The van der Waals surface area contributed by atoms with E-state index in [1.807, 2.05) is 12.1 Å². The van der Waals surface area contributed by atoms with Gasteiger partial charge in [-0.1, -0.05) is 24.4 Å². The van der Waals surface area contributed by atoms with Crippen LogP contribution in [0.1, 0.15) is 38.2 Å². The minimum atomic E-state index is 0.527. The molecule has 0 N–H and O–H groups in total. The standard InChI is InChI=1S/C14H19Cl2N/c1-2-17(13-5-3-4-6-13)14-8-7-12(16)9-11(14)10-15/h7-9,13H,2-6,10H2,1H3. The van der Waals surface area contributed by atoms with Crippen LogP contribution in [0.5, 0.6) is 0 Å². The predicted molar refractivity (Wildman–Crippen MR) is 76.3 cm³/mol. The van der Waals surface area contributed by atoms with Crippen LogP contribution in [0.3, 0.4) is 0 Å². The zero-order chi connectivity index (χ0) is 12.3. The highest BCUT2D eigenvalue weighted by atomic mass is 35.5. The summed E-state index contributed by atoms with van der Waals surface area (Å²) < 4.78 is 0. The van der Waals surface area contributed by atoms with Crippen LogP contribution in [-0.2, 0) is 5.88 Å². The minimum absolute atomic E-state index is 0.527. The van der Waals surface area contributed by atoms with Crippen molar-refractivity contribution in [2.24, 2.45) is 0 Å². The summed E-state index contributed by atoms with van der Waals surface area (Å²) in [7, 11) is 0. The Balaban J connectivity index is 2.29. The molecule has 1 aromatic rings. The minimum Gasteiger partial charge on any atom is -0.369 e. The molecule has 0 amide bonds. The summed E-state index contributed by atoms with van der Waals surface area (Å²) in [4.78, 5) is 2.49. The van der Waals surface area contributed by atoms with Gasteiger partial charge in [-0.3, -0.25) is 0 Å². The first-order chi connectivity index (χ1) is 8.26. The van der Waals surface area contributed by atoms with Crippen molar-refractivity contribution in [3.05, 3.63) is 28.8 Å². The van der Waals surface area contributed by atoms with Crippen LogP contribution in [0.4, 0.5) is 5.69 Å². The molecule has 94 valence electrons. The number of benzene rings is 1. The molecular formula is C14H19Cl2N. The van der Waals surface area contributed by atoms with Crippen LogP contribution < -0.4 is 4.90 Å². The summed E-state index contributed by atoms with van der Waals surface area (Å²) >= 11 is 12.1. The Morgan fingerprint density at radius 3 is 2.59 bits per heavy atom. The highest BCUT2D eigenvalue weighted by molar-refractivity contribution is 6.30. The van der Waals surface area contributed by atoms with Crippen molar-refractivity contribution >= 4 is 28.9 Å². The van der Waals surface area contributed by atoms with Crippen molar-refractivity contribution in [3.63, 3.8) is 0 Å². The molecule has 1 nitrogen and oxygen atoms in total. The molecule has 0 aliphatic heterocycles. The third-order valence-corrected chi connectivity index (χ3v) is 4.12. The number of anilines is 1. The normalized spacial score (nSPS) is 16.4. The fraction of sp³-hybridized carbons (Fsp3) is 0.571. The van der Waals surface area contributed by atoms with Gasteiger partial charge in [0.1, 0.15) is 0 Å². The molecule has 0 heterocycles. The monoisotopic (exact) mass is 271 g/mol. The van der Waals surface area contributed by atoms with Crippen LogP contribution in [0.15, 0.2) is 18.2 Å². The molecule has 1 saturated carbocycles. The maximum absolute atomic E-state index is 6.03. The maximum Gasteiger partial charge on any atom is 0.0495 e. The number of alkyl halides is 1. The molecule has 1 aromatic carbocycles. The topological polar surface area (TPSA) is 3.24 Å². The van der Waals surface area contributed by atoms with Gasteiger partial charge < -0.3 is 4.90 Å². The van der Waals surface area contributed by atoms with E-state index in [0.29, 0.717) is 11.9 Å². The molecule has 0 radical (unpaired) electrons. The van der Waals surface area contributed by atoms with Gasteiger partial charge in [-0.15, -0.1) is 11.6 Å². The third kappa shape index (κ3) is 2.89. The van der Waals surface area contributed by atoms with E-state index in [9.17, 15) is 0 Å². The highest BCUT2D eigenvalue weighted by Crippen LogP contribution is 2.32. The Morgan fingerprint density at radius 2 is 2.00 bits per heavy atom. The van der Waals surface area contributed by atoms with Crippen molar-refractivity contribution in [1.82, 2.24) is 0 Å². The molecule has 0 bridgehead atoms. The zero-order valence-corrected chi connectivity index (χ0v) is 11.8. The zero-order valence-electron chi connectivity index (χ0n) is 10.3. The number of rotatable bonds is 4. The van der Waals surface area contributed by atoms with Crippen molar-refractivity contribution in [2.45, 2.75) is 44.5 Å². The van der Waals surface area contributed by atoms with Gasteiger partial charge in [0.05, 0.1) is 0 Å². The maximum atomic E-state index is 6.03. The lowest BCUT2D eigenvalue weighted by molar-refractivity contribution is 0.618. The Morgan fingerprint density at radius 1 is 1.29 bits per heavy atom. The summed E-state index contributed by atoms with van der Waals surface area (Å²) in [5.74, 6) is 0.527. The van der Waals surface area contributed by atoms with E-state index in [0.717, 1.165) is 17.1 Å². The summed E-state index contributed by atoms with van der Waals surface area (Å²) in [6, 6.07) is 6.75. The first-order valence-corrected chi connectivity index (χ1v) is 7.28. The van der Waals surface area contributed by atoms with E-state index in [-0.39, 0.29) is 0 Å². The lowest BCUT2D eigenvalue weighted by atomic mass is 10.1. The van der Waals surface area contributed by atoms with Gasteiger partial charge >= 0.3 is 0 Å². The van der Waals surface area contributed by atoms with Gasteiger partial charge in [0.15, 0.2) is 0 Å². The number of halogens is 2. The van der Waals surface area contributed by atoms with Gasteiger partial charge in [-0.25, -0.2) is 0 Å². The van der Waals surface area contributed by atoms with Crippen LogP contribution in [-0.4, -0.2) is 12.6 Å². The average Bonchev–Trinajstić information content (AvgIpc) is 2.85. The number of nitrogens with zero attached hydrogens (tertiary/aromatic N) is 1. The molecule has 0 aromatic heterocycles. The summed E-state index contributed by atoms with van der Waals surface area (Å²) in [5.41, 5.74) is 2.41. The second-order valence-corrected chi connectivity index (χ2v) is 5.33. The molecule has 3 heteroatoms. The molecule has 0 saturated heterocycles. The van der Waals surface area contributed by atoms with Crippen molar-refractivity contribution in [1.29, 1.82) is 0 Å². The summed E-state index contributed by atoms with van der Waals surface area (Å²) in [5, 5.41) is 0.770. The Hall–Kier alpha value is -0.400. The van der Waals surface area contributed by atoms with Gasteiger partial charge in [-0.05, 0) is 43.5 Å². The van der Waals surface area contributed by atoms with Crippen LogP contribution >= 0.6 is 23.2 Å². The molecule has 1 aliphatic carbocycles. The number of hydrogen-bond acceptors (Lipinski definition) is 1. The fourth-order valence-corrected chi connectivity index (χ4v) is 3.19. The average molecular weight is 272 g/mol. The van der Waals surface area contributed by atoms with Gasteiger partial charge in [0.25, 0.3) is 0 Å². The van der Waals surface area contributed by atoms with Crippen molar-refractivity contribution in [3.8, 4) is 0 Å². The Labute approximate surface area is 114 Å². The van der Waals surface area contributed by atoms with Crippen molar-refractivity contribution < 1.29 is 0 Å². The largest absolute Gasteiger partial charge is 0.369 e. The first-order valence-electron chi connectivity index (χ1n) is 6.37. The van der Waals surface area contributed by atoms with E-state index in [1.54, 1.807) is 0 Å². The van der Waals surface area contributed by atoms with Gasteiger partial charge in [0, 0.05) is 29.2 Å². The smallest absolute Gasteiger partial charge is 0.0495 e. The second kappa shape index (κ2) is 5.97. The predicted octanol–water partition coefficient (Wildman–Crippen LogP) is 4.85. The third-order valence-electron chi connectivity index (χ3n) is 3.60. The van der Waals surface area contributed by atoms with Crippen LogP contribution in [0, 0.1) is 0 Å². The Kier molecular flexibility index (Phi) is 4.58. The molecule has 1 fully saturated rings. The molecular weight excluding hydrogens is 253 g/mol. The van der Waals surface area contributed by atoms with E-state index < -0.39 is 0 Å². The van der Waals surface area contributed by atoms with Gasteiger partial charge in [0.2, 0.25) is 0 Å². The molecule has 2 rings (SSSR count). The number of hydrogen-bond donors (Lipinski definition) is 0. The van der Waals surface area contributed by atoms with E-state index in [4.69, 9.17) is 23.2 Å². The first kappa shape index (κ1) is 13.0. The summed E-state index contributed by atoms with van der Waals surface area (Å²) in [6.45, 7) is 3.25. The quantitative estimate of drug-likeness (QED) is 0.708. The molecule has 0 atom stereocenters. The molecule has 0 unspecified atom stereocenters. The van der Waals surface area contributed by atoms with E-state index in [2.05, 4.69) is 17.9 Å². The molecule has 0 spiro atoms. The van der Waals surface area contributed by atoms with Crippen LogP contribution in [0.25, 0.3) is 0 Å². The second-order valence-electron chi connectivity index (χ2n) is 4.63. The summed E-state index contributed by atoms with van der Waals surface area (Å²) in [6.07, 6.45) is 5.31. The SMILES string of the molecule is CCN(c1ccc(Cl)cc1CCl)C1CCCC1. The highest BCUT2D eigenvalue weighted by Gasteiger charge is 2.23. The molecule has 1 aliphatic rings. The van der Waals surface area contributed by atoms with Crippen LogP contribution in [0.2, 0.25) is 5.02 Å². The lowest BCUT2D eigenvalue weighted by Crippen LogP contribution is -2.33. The van der Waals surface area contributed by atoms with Gasteiger partial charge in [-0.2, -0.15) is 0 Å².